The smallest absolute Gasteiger partial charge is 0.408 e. The maximum Gasteiger partial charge on any atom is 0.408 e. The zero-order valence-corrected chi connectivity index (χ0v) is 27.7. The van der Waals surface area contributed by atoms with Gasteiger partial charge in [0.2, 0.25) is 11.8 Å². The molecule has 0 spiro atoms. The quantitative estimate of drug-likeness (QED) is 0.267. The number of hydrogen-bond donors (Lipinski definition) is 2. The van der Waals surface area contributed by atoms with E-state index in [-0.39, 0.29) is 30.2 Å². The molecule has 1 saturated carbocycles. The molecule has 12 nitrogen and oxygen atoms in total. The van der Waals surface area contributed by atoms with Crippen molar-refractivity contribution in [2.75, 3.05) is 13.7 Å². The molecule has 1 aromatic rings. The lowest BCUT2D eigenvalue weighted by Crippen LogP contribution is -2.56. The van der Waals surface area contributed by atoms with E-state index in [0.717, 1.165) is 19.3 Å². The van der Waals surface area contributed by atoms with E-state index < -0.39 is 63.3 Å². The lowest BCUT2D eigenvalue weighted by molar-refractivity contribution is -0.148. The molecule has 44 heavy (non-hydrogen) atoms. The summed E-state index contributed by atoms with van der Waals surface area (Å²) >= 11 is 3.27. The zero-order valence-electron chi connectivity index (χ0n) is 25.3. The predicted molar refractivity (Wildman–Crippen MR) is 163 cm³/mol. The SMILES string of the molecule is COC(=O)[C@@]12C[C@@H]1/C=C\CCCCC[C@H](NC(=O)OC(C)(C)C)C(=O)N1C[C@@H](OS(=O)(=O)c3ccc(Br)cc3)C[C@H]1C(=O)N2. The van der Waals surface area contributed by atoms with E-state index in [4.69, 9.17) is 13.7 Å². The van der Waals surface area contributed by atoms with Crippen LogP contribution >= 0.6 is 15.9 Å². The summed E-state index contributed by atoms with van der Waals surface area (Å²) in [5.41, 5.74) is -2.09. The number of rotatable bonds is 5. The maximum absolute atomic E-state index is 14.1. The molecule has 2 heterocycles. The number of carbonyl (C=O) groups is 4. The van der Waals surface area contributed by atoms with Crippen LogP contribution in [0.25, 0.3) is 0 Å². The Labute approximate surface area is 266 Å². The first-order valence-corrected chi connectivity index (χ1v) is 16.9. The number of allylic oxidation sites excluding steroid dienone is 1. The summed E-state index contributed by atoms with van der Waals surface area (Å²) in [6, 6.07) is 3.68. The molecule has 2 fully saturated rings. The molecule has 1 aliphatic carbocycles. The molecule has 2 aliphatic heterocycles. The van der Waals surface area contributed by atoms with E-state index in [0.29, 0.717) is 17.3 Å². The number of carbonyl (C=O) groups excluding carboxylic acids is 4. The summed E-state index contributed by atoms with van der Waals surface area (Å²) in [4.78, 5) is 54.6. The highest BCUT2D eigenvalue weighted by Crippen LogP contribution is 2.46. The number of methoxy groups -OCH3 is 1. The average molecular weight is 699 g/mol. The van der Waals surface area contributed by atoms with Crippen molar-refractivity contribution in [2.45, 2.75) is 99.9 Å². The molecule has 1 aromatic carbocycles. The Kier molecular flexibility index (Phi) is 10.5. The highest BCUT2D eigenvalue weighted by molar-refractivity contribution is 9.10. The molecule has 242 valence electrons. The fourth-order valence-corrected chi connectivity index (χ4v) is 6.93. The molecule has 14 heteroatoms. The second-order valence-corrected chi connectivity index (χ2v) is 14.9. The van der Waals surface area contributed by atoms with E-state index in [9.17, 15) is 27.6 Å². The number of nitrogens with one attached hydrogen (secondary N) is 2. The van der Waals surface area contributed by atoms with Crippen LogP contribution in [-0.4, -0.2) is 80.2 Å². The average Bonchev–Trinajstić information content (AvgIpc) is 3.47. The fourth-order valence-electron chi connectivity index (χ4n) is 5.59. The van der Waals surface area contributed by atoms with E-state index >= 15 is 0 Å². The minimum atomic E-state index is -4.24. The highest BCUT2D eigenvalue weighted by atomic mass is 79.9. The summed E-state index contributed by atoms with van der Waals surface area (Å²) < 4.78 is 42.9. The van der Waals surface area contributed by atoms with Gasteiger partial charge < -0.3 is 25.0 Å². The first-order valence-electron chi connectivity index (χ1n) is 14.7. The van der Waals surface area contributed by atoms with Crippen molar-refractivity contribution in [3.63, 3.8) is 0 Å². The molecule has 3 aliphatic rings. The number of ether oxygens (including phenoxy) is 2. The van der Waals surface area contributed by atoms with Gasteiger partial charge >= 0.3 is 12.1 Å². The number of halogens is 1. The third-order valence-electron chi connectivity index (χ3n) is 7.85. The lowest BCUT2D eigenvalue weighted by atomic mass is 10.0. The largest absolute Gasteiger partial charge is 0.467 e. The van der Waals surface area contributed by atoms with Crippen LogP contribution in [-0.2, 0) is 38.2 Å². The van der Waals surface area contributed by atoms with Crippen LogP contribution in [0.15, 0.2) is 45.8 Å². The van der Waals surface area contributed by atoms with Gasteiger partial charge in [0.25, 0.3) is 10.1 Å². The summed E-state index contributed by atoms with van der Waals surface area (Å²) in [5.74, 6) is -2.09. The normalized spacial score (nSPS) is 28.8. The number of nitrogens with zero attached hydrogens (tertiary/aromatic N) is 1. The van der Waals surface area contributed by atoms with E-state index in [1.165, 1.54) is 24.1 Å². The second-order valence-electron chi connectivity index (χ2n) is 12.4. The molecule has 2 N–H and O–H groups in total. The summed E-state index contributed by atoms with van der Waals surface area (Å²) in [6.45, 7) is 4.88. The molecular weight excluding hydrogens is 658 g/mol. The molecule has 5 atom stereocenters. The Balaban J connectivity index is 1.64. The molecule has 3 amide bonds. The molecule has 4 rings (SSSR count). The highest BCUT2D eigenvalue weighted by Gasteiger charge is 2.62. The van der Waals surface area contributed by atoms with Crippen LogP contribution in [0.2, 0.25) is 0 Å². The van der Waals surface area contributed by atoms with Gasteiger partial charge in [-0.3, -0.25) is 13.8 Å². The maximum atomic E-state index is 14.1. The fraction of sp³-hybridized carbons (Fsp3) is 0.600. The Morgan fingerprint density at radius 1 is 1.11 bits per heavy atom. The third-order valence-corrected chi connectivity index (χ3v) is 9.75. The van der Waals surface area contributed by atoms with Crippen LogP contribution in [0.4, 0.5) is 4.79 Å². The van der Waals surface area contributed by atoms with Crippen molar-refractivity contribution in [2.24, 2.45) is 5.92 Å². The Morgan fingerprint density at radius 2 is 1.82 bits per heavy atom. The van der Waals surface area contributed by atoms with E-state index in [1.807, 2.05) is 12.2 Å². The van der Waals surface area contributed by atoms with E-state index in [2.05, 4.69) is 26.6 Å². The van der Waals surface area contributed by atoms with Gasteiger partial charge in [-0.05, 0) is 70.7 Å². The molecule has 0 unspecified atom stereocenters. The number of amides is 3. The number of fused-ring (bicyclic) bond motifs is 2. The molecule has 0 aromatic heterocycles. The molecule has 0 bridgehead atoms. The topological polar surface area (TPSA) is 157 Å². The summed E-state index contributed by atoms with van der Waals surface area (Å²) in [7, 11) is -3.00. The second kappa shape index (κ2) is 13.6. The molecular formula is C30H40BrN3O9S. The standard InChI is InChI=1S/C30H40BrN3O9S/c1-29(2,3)42-28(38)32-23-11-9-7-5-6-8-10-19-17-30(19,27(37)41-4)33-25(35)24-16-21(18-34(24)26(23)36)43-44(39,40)22-14-12-20(31)13-15-22/h8,10,12-15,19,21,23-24H,5-7,9,11,16-18H2,1-4H3,(H,32,38)(H,33,35)/b10-8-/t19-,21-,23-,24-,30+/m0/s1. The van der Waals surface area contributed by atoms with Gasteiger partial charge in [-0.1, -0.05) is 40.9 Å². The number of benzene rings is 1. The molecule has 1 saturated heterocycles. The Morgan fingerprint density at radius 3 is 2.48 bits per heavy atom. The van der Waals surface area contributed by atoms with Crippen LogP contribution in [0.3, 0.4) is 0 Å². The Hall–Kier alpha value is -2.97. The van der Waals surface area contributed by atoms with Gasteiger partial charge in [0.1, 0.15) is 23.2 Å². The van der Waals surface area contributed by atoms with Crippen LogP contribution < -0.4 is 10.6 Å². The van der Waals surface area contributed by atoms with Crippen molar-refractivity contribution in [1.29, 1.82) is 0 Å². The Bertz CT molecular complexity index is 1390. The number of alkyl carbamates (subject to hydrolysis) is 1. The zero-order chi connectivity index (χ0) is 32.3. The van der Waals surface area contributed by atoms with Crippen LogP contribution in [0.1, 0.15) is 65.7 Å². The lowest BCUT2D eigenvalue weighted by Gasteiger charge is -2.30. The van der Waals surface area contributed by atoms with Gasteiger partial charge in [-0.25, -0.2) is 9.59 Å². The van der Waals surface area contributed by atoms with Crippen molar-refractivity contribution >= 4 is 49.9 Å². The minimum absolute atomic E-state index is 0.0809. The van der Waals surface area contributed by atoms with Gasteiger partial charge in [-0.15, -0.1) is 0 Å². The van der Waals surface area contributed by atoms with Gasteiger partial charge in [-0.2, -0.15) is 8.42 Å². The predicted octanol–water partition coefficient (Wildman–Crippen LogP) is 3.59. The summed E-state index contributed by atoms with van der Waals surface area (Å²) in [5, 5.41) is 5.46. The van der Waals surface area contributed by atoms with Gasteiger partial charge in [0.15, 0.2) is 0 Å². The first kappa shape index (κ1) is 33.9. The first-order chi connectivity index (χ1) is 20.6. The van der Waals surface area contributed by atoms with Crippen molar-refractivity contribution in [3.8, 4) is 0 Å². The van der Waals surface area contributed by atoms with Crippen molar-refractivity contribution in [3.05, 3.63) is 40.9 Å². The van der Waals surface area contributed by atoms with Crippen molar-refractivity contribution in [1.82, 2.24) is 15.5 Å². The minimum Gasteiger partial charge on any atom is -0.467 e. The van der Waals surface area contributed by atoms with Crippen molar-refractivity contribution < 1.29 is 41.3 Å². The van der Waals surface area contributed by atoms with Gasteiger partial charge in [0.05, 0.1) is 18.1 Å². The number of esters is 1. The van der Waals surface area contributed by atoms with Crippen LogP contribution in [0, 0.1) is 5.92 Å². The molecule has 0 radical (unpaired) electrons. The monoisotopic (exact) mass is 697 g/mol. The third kappa shape index (κ3) is 8.19. The number of hydrogen-bond acceptors (Lipinski definition) is 9. The van der Waals surface area contributed by atoms with E-state index in [1.54, 1.807) is 32.9 Å². The van der Waals surface area contributed by atoms with Gasteiger partial charge in [0, 0.05) is 23.4 Å². The van der Waals surface area contributed by atoms with Crippen LogP contribution in [0.5, 0.6) is 0 Å². The summed E-state index contributed by atoms with van der Waals surface area (Å²) in [6.07, 6.45) is 5.45.